The van der Waals surface area contributed by atoms with Gasteiger partial charge in [0.2, 0.25) is 17.7 Å². The Morgan fingerprint density at radius 1 is 1.20 bits per heavy atom. The lowest BCUT2D eigenvalue weighted by Crippen LogP contribution is -2.65. The summed E-state index contributed by atoms with van der Waals surface area (Å²) in [5.74, 6) is -3.11. The highest BCUT2D eigenvalue weighted by Crippen LogP contribution is 2.24. The normalized spacial score (nSPS) is 26.9. The molecule has 0 aromatic carbocycles. The largest absolute Gasteiger partial charge is 0.481 e. The van der Waals surface area contributed by atoms with Gasteiger partial charge in [-0.1, -0.05) is 6.92 Å². The van der Waals surface area contributed by atoms with Crippen LogP contribution in [0.4, 0.5) is 0 Å². The van der Waals surface area contributed by atoms with Crippen LogP contribution in [-0.2, 0) is 28.7 Å². The van der Waals surface area contributed by atoms with Gasteiger partial charge in [0.25, 0.3) is 0 Å². The van der Waals surface area contributed by atoms with E-state index in [9.17, 15) is 34.5 Å². The van der Waals surface area contributed by atoms with Crippen LogP contribution < -0.4 is 16.4 Å². The van der Waals surface area contributed by atoms with Crippen molar-refractivity contribution in [3.63, 3.8) is 0 Å². The molecule has 1 heterocycles. The van der Waals surface area contributed by atoms with Crippen molar-refractivity contribution in [2.24, 2.45) is 5.73 Å². The Hall–Kier alpha value is -2.36. The van der Waals surface area contributed by atoms with Crippen molar-refractivity contribution in [1.82, 2.24) is 15.5 Å². The van der Waals surface area contributed by atoms with Gasteiger partial charge in [0, 0.05) is 19.9 Å². The number of carbonyl (C=O) groups is 4. The minimum Gasteiger partial charge on any atom is -0.481 e. The minimum absolute atomic E-state index is 0.221. The van der Waals surface area contributed by atoms with Crippen molar-refractivity contribution in [2.75, 3.05) is 19.7 Å². The zero-order chi connectivity index (χ0) is 26.9. The van der Waals surface area contributed by atoms with Crippen molar-refractivity contribution in [3.05, 3.63) is 0 Å². The lowest BCUT2D eigenvalue weighted by atomic mass is 9.96. The van der Waals surface area contributed by atoms with E-state index < -0.39 is 85.5 Å². The van der Waals surface area contributed by atoms with Crippen LogP contribution in [0.5, 0.6) is 0 Å². The second kappa shape index (κ2) is 14.3. The molecule has 1 unspecified atom stereocenters. The lowest BCUT2D eigenvalue weighted by molar-refractivity contribution is -0.268. The molecule has 0 aliphatic carbocycles. The number of nitrogens with zero attached hydrogens (tertiary/aromatic N) is 1. The number of rotatable bonds is 14. The Kier molecular flexibility index (Phi) is 12.5. The summed E-state index contributed by atoms with van der Waals surface area (Å²) < 4.78 is 11.0. The summed E-state index contributed by atoms with van der Waals surface area (Å²) in [4.78, 5) is 49.1. The zero-order valence-corrected chi connectivity index (χ0v) is 20.4. The molecule has 1 rings (SSSR count). The van der Waals surface area contributed by atoms with E-state index in [2.05, 4.69) is 10.6 Å². The maximum atomic E-state index is 13.1. The Bertz CT molecular complexity index is 739. The Labute approximate surface area is 203 Å². The molecule has 1 fully saturated rings. The van der Waals surface area contributed by atoms with Gasteiger partial charge in [-0.3, -0.25) is 19.2 Å². The van der Waals surface area contributed by atoms with Crippen LogP contribution in [0.2, 0.25) is 0 Å². The third-order valence-electron chi connectivity index (χ3n) is 5.59. The quantitative estimate of drug-likeness (QED) is 0.125. The summed E-state index contributed by atoms with van der Waals surface area (Å²) >= 11 is 0. The van der Waals surface area contributed by atoms with Gasteiger partial charge in [-0.15, -0.1) is 0 Å². The summed E-state index contributed by atoms with van der Waals surface area (Å²) in [5.41, 5.74) is 5.50. The summed E-state index contributed by atoms with van der Waals surface area (Å²) in [6, 6.07) is -3.16. The first kappa shape index (κ1) is 30.7. The van der Waals surface area contributed by atoms with Crippen molar-refractivity contribution < 1.29 is 49.1 Å². The number of carboxylic acid groups (broad SMARTS) is 1. The number of nitrogens with one attached hydrogen (secondary N) is 2. The molecule has 14 heteroatoms. The van der Waals surface area contributed by atoms with Gasteiger partial charge in [0.05, 0.1) is 18.8 Å². The molecular weight excluding hydrogens is 468 g/mol. The molecule has 0 spiro atoms. The minimum atomic E-state index is -1.60. The number of aliphatic carboxylic acids is 1. The van der Waals surface area contributed by atoms with Crippen LogP contribution in [0.15, 0.2) is 0 Å². The molecule has 1 saturated heterocycles. The number of nitrogens with two attached hydrogens (primary N) is 1. The van der Waals surface area contributed by atoms with E-state index in [4.69, 9.17) is 20.3 Å². The predicted molar refractivity (Wildman–Crippen MR) is 121 cm³/mol. The molecule has 1 aliphatic rings. The van der Waals surface area contributed by atoms with Crippen LogP contribution in [0, 0.1) is 0 Å². The van der Waals surface area contributed by atoms with E-state index in [0.717, 1.165) is 4.90 Å². The number of aliphatic hydroxyl groups is 3. The van der Waals surface area contributed by atoms with E-state index in [1.54, 1.807) is 13.8 Å². The van der Waals surface area contributed by atoms with Crippen molar-refractivity contribution in [3.8, 4) is 0 Å². The van der Waals surface area contributed by atoms with E-state index in [-0.39, 0.29) is 13.0 Å². The second-order valence-corrected chi connectivity index (χ2v) is 8.50. The third kappa shape index (κ3) is 8.98. The number of carboxylic acids is 1. The molecule has 14 nitrogen and oxygen atoms in total. The van der Waals surface area contributed by atoms with Crippen LogP contribution in [0.25, 0.3) is 0 Å². The number of hydrogen-bond acceptors (Lipinski definition) is 10. The highest BCUT2D eigenvalue weighted by atomic mass is 16.6. The summed E-state index contributed by atoms with van der Waals surface area (Å²) in [5, 5.41) is 44.8. The van der Waals surface area contributed by atoms with E-state index in [0.29, 0.717) is 6.54 Å². The van der Waals surface area contributed by atoms with Gasteiger partial charge in [-0.25, -0.2) is 0 Å². The Balaban J connectivity index is 3.19. The number of amides is 3. The average Bonchev–Trinajstić information content (AvgIpc) is 2.76. The fraction of sp³-hybridized carbons (Fsp3) is 0.810. The topological polar surface area (TPSA) is 221 Å². The number of carbonyl (C=O) groups excluding carboxylic acids is 3. The zero-order valence-electron chi connectivity index (χ0n) is 20.4. The SMILES string of the molecule is CCN[C@@H](C)C(=O)N(CC(C)O[C@H]1[C@H](O)[C@@H](CO)O[C@H](O)[C@@H]1NC(C)=O)[C@H](CCC(=O)O)C(N)=O. The number of hydrogen-bond donors (Lipinski definition) is 7. The van der Waals surface area contributed by atoms with Crippen molar-refractivity contribution >= 4 is 23.7 Å². The fourth-order valence-electron chi connectivity index (χ4n) is 3.95. The van der Waals surface area contributed by atoms with Gasteiger partial charge >= 0.3 is 5.97 Å². The van der Waals surface area contributed by atoms with E-state index in [1.165, 1.54) is 13.8 Å². The van der Waals surface area contributed by atoms with E-state index in [1.807, 2.05) is 0 Å². The number of ether oxygens (including phenoxy) is 2. The highest BCUT2D eigenvalue weighted by molar-refractivity contribution is 5.89. The first-order valence-corrected chi connectivity index (χ1v) is 11.4. The van der Waals surface area contributed by atoms with Gasteiger partial charge in [-0.05, 0) is 26.8 Å². The molecule has 0 bridgehead atoms. The molecule has 0 aromatic rings. The van der Waals surface area contributed by atoms with Crippen LogP contribution in [-0.4, -0.2) is 118 Å². The van der Waals surface area contributed by atoms with Crippen LogP contribution in [0.1, 0.15) is 40.5 Å². The third-order valence-corrected chi connectivity index (χ3v) is 5.59. The summed E-state index contributed by atoms with van der Waals surface area (Å²) in [6.45, 7) is 5.68. The monoisotopic (exact) mass is 506 g/mol. The molecule has 0 radical (unpaired) electrons. The first-order valence-electron chi connectivity index (χ1n) is 11.4. The molecule has 8 N–H and O–H groups in total. The standard InChI is InChI=1S/C21H38N4O10/c1-5-23-11(3)20(32)25(13(19(22)31)6-7-15(28)29)8-10(2)34-18-16(24-12(4)27)21(33)35-14(9-26)17(18)30/h10-11,13-14,16-18,21,23,26,30,33H,5-9H2,1-4H3,(H2,22,31)(H,24,27)(H,28,29)/t10?,11-,13+,14+,16+,17+,18+,21-/m0/s1. The Morgan fingerprint density at radius 2 is 1.83 bits per heavy atom. The number of likely N-dealkylation sites (N-methyl/N-ethyl adjacent to an activating group) is 1. The first-order chi connectivity index (χ1) is 16.3. The van der Waals surface area contributed by atoms with Gasteiger partial charge in [0.1, 0.15) is 30.4 Å². The summed E-state index contributed by atoms with van der Waals surface area (Å²) in [6.07, 6.45) is -7.02. The van der Waals surface area contributed by atoms with Crippen molar-refractivity contribution in [1.29, 1.82) is 0 Å². The molecule has 35 heavy (non-hydrogen) atoms. The Morgan fingerprint density at radius 3 is 2.31 bits per heavy atom. The highest BCUT2D eigenvalue weighted by Gasteiger charge is 2.46. The van der Waals surface area contributed by atoms with Gasteiger partial charge in [0.15, 0.2) is 6.29 Å². The molecule has 0 saturated carbocycles. The maximum Gasteiger partial charge on any atom is 0.303 e. The average molecular weight is 507 g/mol. The predicted octanol–water partition coefficient (Wildman–Crippen LogP) is -3.12. The summed E-state index contributed by atoms with van der Waals surface area (Å²) in [7, 11) is 0. The maximum absolute atomic E-state index is 13.1. The molecule has 1 aliphatic heterocycles. The number of aliphatic hydroxyl groups excluding tert-OH is 3. The lowest BCUT2D eigenvalue weighted by Gasteiger charge is -2.44. The molecule has 3 amide bonds. The molecular formula is C21H38N4O10. The molecule has 202 valence electrons. The second-order valence-electron chi connectivity index (χ2n) is 8.50. The smallest absolute Gasteiger partial charge is 0.303 e. The fourth-order valence-corrected chi connectivity index (χ4v) is 3.95. The van der Waals surface area contributed by atoms with E-state index >= 15 is 0 Å². The van der Waals surface area contributed by atoms with Gasteiger partial charge < -0.3 is 51.2 Å². The molecule has 8 atom stereocenters. The molecule has 0 aromatic heterocycles. The van der Waals surface area contributed by atoms with Crippen molar-refractivity contribution in [2.45, 2.75) is 89.4 Å². The van der Waals surface area contributed by atoms with Crippen LogP contribution in [0.3, 0.4) is 0 Å². The van der Waals surface area contributed by atoms with Gasteiger partial charge in [-0.2, -0.15) is 0 Å². The van der Waals surface area contributed by atoms with Crippen LogP contribution >= 0.6 is 0 Å². The number of primary amides is 1.